The second kappa shape index (κ2) is 11.1. The van der Waals surface area contributed by atoms with Gasteiger partial charge in [0.15, 0.2) is 0 Å². The van der Waals surface area contributed by atoms with E-state index in [0.717, 1.165) is 0 Å². The lowest BCUT2D eigenvalue weighted by Gasteiger charge is -2.31. The number of ether oxygens (including phenoxy) is 1. The average molecular weight is 494 g/mol. The number of rotatable bonds is 8. The van der Waals surface area contributed by atoms with E-state index in [1.807, 2.05) is 0 Å². The van der Waals surface area contributed by atoms with Gasteiger partial charge in [-0.25, -0.2) is 8.42 Å². The van der Waals surface area contributed by atoms with Gasteiger partial charge in [-0.3, -0.25) is 14.6 Å². The van der Waals surface area contributed by atoms with Crippen LogP contribution in [0.3, 0.4) is 0 Å². The van der Waals surface area contributed by atoms with E-state index in [9.17, 15) is 18.0 Å². The zero-order chi connectivity index (χ0) is 24.0. The van der Waals surface area contributed by atoms with Gasteiger partial charge in [-0.1, -0.05) is 29.8 Å². The number of carbonyl (C=O) groups excluding carboxylic acids is 2. The molecule has 1 fully saturated rings. The average Bonchev–Trinajstić information content (AvgIpc) is 2.79. The Morgan fingerprint density at radius 2 is 1.88 bits per heavy atom. The first-order chi connectivity index (χ1) is 15.7. The molecule has 0 radical (unpaired) electrons. The lowest BCUT2D eigenvalue weighted by Crippen LogP contribution is -2.44. The number of nitrogens with one attached hydrogen (secondary N) is 1. The summed E-state index contributed by atoms with van der Waals surface area (Å²) in [5.74, 6) is -1.06. The first-order valence-corrected chi connectivity index (χ1v) is 12.6. The maximum atomic E-state index is 13.0. The highest BCUT2D eigenvalue weighted by molar-refractivity contribution is 7.89. The minimum absolute atomic E-state index is 0.0537. The first-order valence-electron chi connectivity index (χ1n) is 10.8. The molecule has 1 amide bonds. The third kappa shape index (κ3) is 6.52. The number of hydrogen-bond acceptors (Lipinski definition) is 6. The maximum absolute atomic E-state index is 13.0. The molecule has 1 aromatic carbocycles. The molecule has 0 unspecified atom stereocenters. The number of esters is 1. The summed E-state index contributed by atoms with van der Waals surface area (Å²) in [5, 5.41) is 3.37. The summed E-state index contributed by atoms with van der Waals surface area (Å²) in [4.78, 5) is 29.4. The van der Waals surface area contributed by atoms with Gasteiger partial charge in [0.2, 0.25) is 15.9 Å². The van der Waals surface area contributed by atoms with Crippen LogP contribution in [0.4, 0.5) is 0 Å². The Kier molecular flexibility index (Phi) is 8.45. The molecular weight excluding hydrogens is 466 g/mol. The third-order valence-electron chi connectivity index (χ3n) is 5.43. The van der Waals surface area contributed by atoms with E-state index in [-0.39, 0.29) is 42.3 Å². The fourth-order valence-electron chi connectivity index (χ4n) is 3.77. The molecule has 0 spiro atoms. The molecule has 33 heavy (non-hydrogen) atoms. The summed E-state index contributed by atoms with van der Waals surface area (Å²) in [6, 6.07) is 9.46. The van der Waals surface area contributed by atoms with Crippen molar-refractivity contribution in [3.63, 3.8) is 0 Å². The van der Waals surface area contributed by atoms with E-state index >= 15 is 0 Å². The number of benzene rings is 1. The molecule has 10 heteroatoms. The molecule has 3 rings (SSSR count). The summed E-state index contributed by atoms with van der Waals surface area (Å²) in [6.07, 6.45) is 3.25. The van der Waals surface area contributed by atoms with Gasteiger partial charge in [-0.15, -0.1) is 0 Å². The van der Waals surface area contributed by atoms with E-state index in [0.29, 0.717) is 23.4 Å². The SMILES string of the molecule is CC(C)OC(=O)C[C@@H](NC(=O)C1CCN(S(=O)(=O)c2cccnc2)CC1)c1ccccc1Cl. The largest absolute Gasteiger partial charge is 0.463 e. The molecule has 2 aromatic rings. The van der Waals surface area contributed by atoms with Crippen molar-refractivity contribution in [2.24, 2.45) is 5.92 Å². The Labute approximate surface area is 199 Å². The highest BCUT2D eigenvalue weighted by Crippen LogP contribution is 2.28. The molecule has 1 saturated heterocycles. The van der Waals surface area contributed by atoms with Crippen LogP contribution in [0, 0.1) is 5.92 Å². The number of amides is 1. The highest BCUT2D eigenvalue weighted by atomic mass is 35.5. The second-order valence-corrected chi connectivity index (χ2v) is 10.5. The Hall–Kier alpha value is -2.49. The van der Waals surface area contributed by atoms with E-state index in [1.165, 1.54) is 22.8 Å². The van der Waals surface area contributed by atoms with E-state index in [1.54, 1.807) is 44.2 Å². The van der Waals surface area contributed by atoms with E-state index in [2.05, 4.69) is 10.3 Å². The van der Waals surface area contributed by atoms with Gasteiger partial charge in [0, 0.05) is 36.4 Å². The standard InChI is InChI=1S/C23H28ClN3O5S/c1-16(2)32-22(28)14-21(19-7-3-4-8-20(19)24)26-23(29)17-9-12-27(13-10-17)33(30,31)18-6-5-11-25-15-18/h3-8,11,15-17,21H,9-10,12-14H2,1-2H3,(H,26,29)/t21-/m1/s1. The van der Waals surface area contributed by atoms with Gasteiger partial charge < -0.3 is 10.1 Å². The van der Waals surface area contributed by atoms with Gasteiger partial charge in [0.25, 0.3) is 0 Å². The van der Waals surface area contributed by atoms with Gasteiger partial charge in [0.05, 0.1) is 18.6 Å². The van der Waals surface area contributed by atoms with Crippen molar-refractivity contribution in [1.82, 2.24) is 14.6 Å². The topological polar surface area (TPSA) is 106 Å². The number of pyridine rings is 1. The monoisotopic (exact) mass is 493 g/mol. The zero-order valence-electron chi connectivity index (χ0n) is 18.6. The molecule has 1 N–H and O–H groups in total. The molecule has 8 nitrogen and oxygen atoms in total. The summed E-state index contributed by atoms with van der Waals surface area (Å²) < 4.78 is 32.2. The van der Waals surface area contributed by atoms with Crippen LogP contribution in [-0.2, 0) is 24.3 Å². The maximum Gasteiger partial charge on any atom is 0.308 e. The summed E-state index contributed by atoms with van der Waals surface area (Å²) in [7, 11) is -3.65. The van der Waals surface area contributed by atoms with Gasteiger partial charge in [-0.05, 0) is 50.5 Å². The van der Waals surface area contributed by atoms with Crippen LogP contribution in [-0.4, -0.2) is 48.8 Å². The van der Waals surface area contributed by atoms with Gasteiger partial charge in [-0.2, -0.15) is 4.31 Å². The molecule has 1 aliphatic heterocycles. The Bertz CT molecular complexity index is 1070. The number of aromatic nitrogens is 1. The zero-order valence-corrected chi connectivity index (χ0v) is 20.2. The number of hydrogen-bond donors (Lipinski definition) is 1. The Morgan fingerprint density at radius 3 is 2.48 bits per heavy atom. The van der Waals surface area contributed by atoms with Crippen LogP contribution in [0.25, 0.3) is 0 Å². The van der Waals surface area contributed by atoms with Crippen LogP contribution in [0.15, 0.2) is 53.7 Å². The molecule has 1 aromatic heterocycles. The molecule has 0 aliphatic carbocycles. The van der Waals surface area contributed by atoms with Crippen molar-refractivity contribution in [2.75, 3.05) is 13.1 Å². The van der Waals surface area contributed by atoms with Crippen molar-refractivity contribution in [2.45, 2.75) is 50.2 Å². The predicted molar refractivity (Wildman–Crippen MR) is 124 cm³/mol. The normalized spacial score (nSPS) is 16.4. The predicted octanol–water partition coefficient (Wildman–Crippen LogP) is 3.33. The van der Waals surface area contributed by atoms with Crippen LogP contribution >= 0.6 is 11.6 Å². The molecule has 0 bridgehead atoms. The minimum Gasteiger partial charge on any atom is -0.463 e. The lowest BCUT2D eigenvalue weighted by atomic mass is 9.95. The fraction of sp³-hybridized carbons (Fsp3) is 0.435. The van der Waals surface area contributed by atoms with Crippen molar-refractivity contribution in [1.29, 1.82) is 0 Å². The van der Waals surface area contributed by atoms with Crippen LogP contribution in [0.1, 0.15) is 44.7 Å². The van der Waals surface area contributed by atoms with Gasteiger partial charge >= 0.3 is 5.97 Å². The van der Waals surface area contributed by atoms with Crippen LogP contribution < -0.4 is 5.32 Å². The summed E-state index contributed by atoms with van der Waals surface area (Å²) in [5.41, 5.74) is 0.629. The van der Waals surface area contributed by atoms with Crippen molar-refractivity contribution >= 4 is 33.5 Å². The third-order valence-corrected chi connectivity index (χ3v) is 7.66. The first kappa shape index (κ1) is 25.1. The van der Waals surface area contributed by atoms with E-state index in [4.69, 9.17) is 16.3 Å². The smallest absolute Gasteiger partial charge is 0.308 e. The number of carbonyl (C=O) groups is 2. The fourth-order valence-corrected chi connectivity index (χ4v) is 5.47. The quantitative estimate of drug-likeness (QED) is 0.565. The number of piperidine rings is 1. The number of halogens is 1. The molecular formula is C23H28ClN3O5S. The summed E-state index contributed by atoms with van der Waals surface area (Å²) in [6.45, 7) is 3.96. The highest BCUT2D eigenvalue weighted by Gasteiger charge is 2.33. The Balaban J connectivity index is 1.67. The summed E-state index contributed by atoms with van der Waals surface area (Å²) >= 11 is 6.32. The van der Waals surface area contributed by atoms with Crippen LogP contribution in [0.2, 0.25) is 5.02 Å². The van der Waals surface area contributed by atoms with Crippen molar-refractivity contribution in [3.05, 3.63) is 59.4 Å². The number of nitrogens with zero attached hydrogens (tertiary/aromatic N) is 2. The van der Waals surface area contributed by atoms with E-state index < -0.39 is 22.0 Å². The lowest BCUT2D eigenvalue weighted by molar-refractivity contribution is -0.148. The second-order valence-electron chi connectivity index (χ2n) is 8.19. The van der Waals surface area contributed by atoms with Crippen molar-refractivity contribution < 1.29 is 22.7 Å². The van der Waals surface area contributed by atoms with Crippen LogP contribution in [0.5, 0.6) is 0 Å². The molecule has 1 atom stereocenters. The Morgan fingerprint density at radius 1 is 1.18 bits per heavy atom. The minimum atomic E-state index is -3.65. The molecule has 1 aliphatic rings. The van der Waals surface area contributed by atoms with Gasteiger partial charge in [0.1, 0.15) is 4.90 Å². The number of sulfonamides is 1. The van der Waals surface area contributed by atoms with Crippen molar-refractivity contribution in [3.8, 4) is 0 Å². The molecule has 0 saturated carbocycles. The molecule has 2 heterocycles. The molecule has 178 valence electrons.